The summed E-state index contributed by atoms with van der Waals surface area (Å²) in [5.41, 5.74) is -1.65. The number of ether oxygens (including phenoxy) is 2. The van der Waals surface area contributed by atoms with Crippen molar-refractivity contribution in [3.63, 3.8) is 0 Å². The summed E-state index contributed by atoms with van der Waals surface area (Å²) in [5, 5.41) is 6.19. The molecule has 2 rings (SSSR count). The second-order valence-electron chi connectivity index (χ2n) is 4.35. The maximum Gasteiger partial charge on any atom is 0.315 e. The Hall–Kier alpha value is -1.14. The van der Waals surface area contributed by atoms with Gasteiger partial charge < -0.3 is 20.1 Å². The lowest BCUT2D eigenvalue weighted by molar-refractivity contribution is -0.168. The summed E-state index contributed by atoms with van der Waals surface area (Å²) in [5.74, 6) is -0.708. The van der Waals surface area contributed by atoms with Gasteiger partial charge in [0.1, 0.15) is 10.8 Å². The average molecular weight is 228 g/mol. The van der Waals surface area contributed by atoms with Gasteiger partial charge in [-0.1, -0.05) is 0 Å². The number of carbonyl (C=O) groups excluding carboxylic acids is 2. The molecule has 0 aromatic rings. The molecule has 16 heavy (non-hydrogen) atoms. The molecule has 0 amide bonds. The zero-order chi connectivity index (χ0) is 11.8. The molecule has 2 fully saturated rings. The first kappa shape index (κ1) is 11.3. The largest absolute Gasteiger partial charge is 0.468 e. The highest BCUT2D eigenvalue weighted by atomic mass is 16.5. The van der Waals surface area contributed by atoms with E-state index in [0.29, 0.717) is 26.2 Å². The molecule has 90 valence electrons. The highest BCUT2D eigenvalue weighted by molar-refractivity contribution is 5.91. The summed E-state index contributed by atoms with van der Waals surface area (Å²) in [6, 6.07) is 0. The molecule has 2 aliphatic rings. The van der Waals surface area contributed by atoms with Gasteiger partial charge >= 0.3 is 11.9 Å². The summed E-state index contributed by atoms with van der Waals surface area (Å²) >= 11 is 0. The van der Waals surface area contributed by atoms with Crippen LogP contribution in [0.15, 0.2) is 0 Å². The van der Waals surface area contributed by atoms with Crippen molar-refractivity contribution >= 4 is 11.9 Å². The minimum Gasteiger partial charge on any atom is -0.468 e. The molecule has 0 aliphatic carbocycles. The Balaban J connectivity index is 2.42. The van der Waals surface area contributed by atoms with Gasteiger partial charge in [-0.15, -0.1) is 0 Å². The fraction of sp³-hybridized carbons (Fsp3) is 0.800. The third kappa shape index (κ3) is 1.14. The van der Waals surface area contributed by atoms with Crippen molar-refractivity contribution in [3.8, 4) is 0 Å². The molecule has 0 bridgehead atoms. The van der Waals surface area contributed by atoms with Crippen molar-refractivity contribution in [1.82, 2.24) is 10.6 Å². The summed E-state index contributed by atoms with van der Waals surface area (Å²) in [6.07, 6.45) is 0. The Bertz CT molecular complexity index is 289. The summed E-state index contributed by atoms with van der Waals surface area (Å²) in [7, 11) is 2.69. The van der Waals surface area contributed by atoms with E-state index < -0.39 is 10.8 Å². The van der Waals surface area contributed by atoms with Crippen LogP contribution in [0.1, 0.15) is 0 Å². The topological polar surface area (TPSA) is 76.7 Å². The fourth-order valence-corrected chi connectivity index (χ4v) is 2.85. The Labute approximate surface area is 93.7 Å². The molecule has 0 atom stereocenters. The van der Waals surface area contributed by atoms with E-state index in [1.807, 2.05) is 0 Å². The lowest BCUT2D eigenvalue weighted by Crippen LogP contribution is -2.52. The highest BCUT2D eigenvalue weighted by Crippen LogP contribution is 2.47. The van der Waals surface area contributed by atoms with Gasteiger partial charge in [0.2, 0.25) is 0 Å². The maximum absolute atomic E-state index is 11.9. The molecular formula is C10H16N2O4. The van der Waals surface area contributed by atoms with Crippen molar-refractivity contribution < 1.29 is 19.1 Å². The number of carbonyl (C=O) groups is 2. The molecule has 0 unspecified atom stereocenters. The number of hydrogen-bond acceptors (Lipinski definition) is 6. The first-order chi connectivity index (χ1) is 7.63. The van der Waals surface area contributed by atoms with Crippen LogP contribution in [0.2, 0.25) is 0 Å². The van der Waals surface area contributed by atoms with Gasteiger partial charge in [0, 0.05) is 26.2 Å². The molecule has 2 N–H and O–H groups in total. The molecule has 6 nitrogen and oxygen atoms in total. The predicted molar refractivity (Wildman–Crippen MR) is 54.6 cm³/mol. The summed E-state index contributed by atoms with van der Waals surface area (Å²) in [4.78, 5) is 23.9. The van der Waals surface area contributed by atoms with Crippen LogP contribution in [-0.4, -0.2) is 52.3 Å². The van der Waals surface area contributed by atoms with Gasteiger partial charge in [-0.05, 0) is 0 Å². The van der Waals surface area contributed by atoms with Crippen molar-refractivity contribution in [2.24, 2.45) is 10.8 Å². The first-order valence-corrected chi connectivity index (χ1v) is 5.21. The Morgan fingerprint density at radius 1 is 0.875 bits per heavy atom. The predicted octanol–water partition coefficient (Wildman–Crippen LogP) is -1.49. The zero-order valence-corrected chi connectivity index (χ0v) is 9.46. The molecule has 0 saturated carbocycles. The lowest BCUT2D eigenvalue weighted by atomic mass is 9.68. The van der Waals surface area contributed by atoms with Gasteiger partial charge in [-0.2, -0.15) is 0 Å². The number of rotatable bonds is 2. The number of nitrogens with one attached hydrogen (secondary N) is 2. The first-order valence-electron chi connectivity index (χ1n) is 5.21. The number of hydrogen-bond donors (Lipinski definition) is 2. The van der Waals surface area contributed by atoms with Crippen LogP contribution in [0.3, 0.4) is 0 Å². The maximum atomic E-state index is 11.9. The van der Waals surface area contributed by atoms with Gasteiger partial charge in [0.25, 0.3) is 0 Å². The van der Waals surface area contributed by atoms with Crippen LogP contribution in [-0.2, 0) is 19.1 Å². The van der Waals surface area contributed by atoms with E-state index in [1.165, 1.54) is 14.2 Å². The van der Waals surface area contributed by atoms with Crippen LogP contribution < -0.4 is 10.6 Å². The molecular weight excluding hydrogens is 212 g/mol. The smallest absolute Gasteiger partial charge is 0.315 e. The van der Waals surface area contributed by atoms with Crippen LogP contribution in [0.25, 0.3) is 0 Å². The molecule has 0 radical (unpaired) electrons. The standard InChI is InChI=1S/C10H16N2O4/c1-15-7(13)9-3-11-5-10(9,6-12-4-9)8(14)16-2/h11-12H,3-6H2,1-2H3. The van der Waals surface area contributed by atoms with Crippen LogP contribution in [0.4, 0.5) is 0 Å². The molecule has 0 aromatic carbocycles. The summed E-state index contributed by atoms with van der Waals surface area (Å²) < 4.78 is 9.66. The lowest BCUT2D eigenvalue weighted by Gasteiger charge is -2.33. The van der Waals surface area contributed by atoms with Gasteiger partial charge in [-0.25, -0.2) is 0 Å². The average Bonchev–Trinajstić information content (AvgIpc) is 2.82. The van der Waals surface area contributed by atoms with Crippen LogP contribution in [0, 0.1) is 10.8 Å². The van der Waals surface area contributed by atoms with Crippen molar-refractivity contribution in [3.05, 3.63) is 0 Å². The second kappa shape index (κ2) is 3.71. The number of fused-ring (bicyclic) bond motifs is 1. The van der Waals surface area contributed by atoms with Crippen molar-refractivity contribution in [1.29, 1.82) is 0 Å². The Morgan fingerprint density at radius 2 is 1.19 bits per heavy atom. The quantitative estimate of drug-likeness (QED) is 0.561. The van der Waals surface area contributed by atoms with E-state index in [0.717, 1.165) is 0 Å². The van der Waals surface area contributed by atoms with E-state index in [9.17, 15) is 9.59 Å². The minimum absolute atomic E-state index is 0.354. The van der Waals surface area contributed by atoms with Crippen LogP contribution in [0.5, 0.6) is 0 Å². The Morgan fingerprint density at radius 3 is 1.44 bits per heavy atom. The van der Waals surface area contributed by atoms with Gasteiger partial charge in [0.05, 0.1) is 14.2 Å². The molecule has 6 heteroatoms. The van der Waals surface area contributed by atoms with Gasteiger partial charge in [-0.3, -0.25) is 9.59 Å². The SMILES string of the molecule is COC(=O)C12CNCC1(C(=O)OC)CNC2. The molecule has 2 aliphatic heterocycles. The Kier molecular flexibility index (Phi) is 2.63. The number of esters is 2. The molecule has 0 spiro atoms. The van der Waals surface area contributed by atoms with Crippen LogP contribution >= 0.6 is 0 Å². The minimum atomic E-state index is -0.825. The third-order valence-corrected chi connectivity index (χ3v) is 3.78. The van der Waals surface area contributed by atoms with Gasteiger partial charge in [0.15, 0.2) is 0 Å². The highest BCUT2D eigenvalue weighted by Gasteiger charge is 2.68. The van der Waals surface area contributed by atoms with Crippen molar-refractivity contribution in [2.45, 2.75) is 0 Å². The normalized spacial score (nSPS) is 36.9. The van der Waals surface area contributed by atoms with E-state index in [1.54, 1.807) is 0 Å². The molecule has 2 heterocycles. The van der Waals surface area contributed by atoms with Crippen molar-refractivity contribution in [2.75, 3.05) is 40.4 Å². The van der Waals surface area contributed by atoms with E-state index in [4.69, 9.17) is 9.47 Å². The van der Waals surface area contributed by atoms with E-state index in [2.05, 4.69) is 10.6 Å². The zero-order valence-electron chi connectivity index (χ0n) is 9.46. The van der Waals surface area contributed by atoms with E-state index in [-0.39, 0.29) is 11.9 Å². The number of methoxy groups -OCH3 is 2. The molecule has 0 aromatic heterocycles. The van der Waals surface area contributed by atoms with E-state index >= 15 is 0 Å². The monoisotopic (exact) mass is 228 g/mol. The molecule has 2 saturated heterocycles. The fourth-order valence-electron chi connectivity index (χ4n) is 2.85. The summed E-state index contributed by atoms with van der Waals surface area (Å²) in [6.45, 7) is 1.78. The second-order valence-corrected chi connectivity index (χ2v) is 4.35. The third-order valence-electron chi connectivity index (χ3n) is 3.78.